The molecule has 0 bridgehead atoms. The van der Waals surface area contributed by atoms with E-state index in [0.29, 0.717) is 0 Å². The molecule has 0 saturated carbocycles. The molecule has 0 N–H and O–H groups in total. The molecule has 0 aromatic heterocycles. The molecule has 0 aliphatic rings. The van der Waals surface area contributed by atoms with Crippen molar-refractivity contribution in [1.82, 2.24) is 0 Å². The maximum atomic E-state index is 10.3. The van der Waals surface area contributed by atoms with Crippen LogP contribution in [0.4, 0.5) is 0 Å². The molecule has 14 heavy (non-hydrogen) atoms. The maximum absolute atomic E-state index is 10.3. The van der Waals surface area contributed by atoms with Crippen molar-refractivity contribution in [3.05, 3.63) is 0 Å². The number of carbonyl (C=O) groups is 1. The van der Waals surface area contributed by atoms with Crippen molar-refractivity contribution in [2.45, 2.75) is 52.4 Å². The summed E-state index contributed by atoms with van der Waals surface area (Å²) < 4.78 is 0. The Balaban J connectivity index is 2.95. The molecular weight excluding hydrogens is 192 g/mol. The van der Waals surface area contributed by atoms with Crippen molar-refractivity contribution in [2.75, 3.05) is 11.5 Å². The summed E-state index contributed by atoms with van der Waals surface area (Å²) in [5.41, 5.74) is 0. The first-order valence-corrected chi connectivity index (χ1v) is 6.99. The van der Waals surface area contributed by atoms with Gasteiger partial charge in [0.15, 0.2) is 0 Å². The van der Waals surface area contributed by atoms with Gasteiger partial charge < -0.3 is 4.79 Å². The van der Waals surface area contributed by atoms with E-state index in [2.05, 4.69) is 6.92 Å². The zero-order chi connectivity index (χ0) is 10.6. The molecule has 0 aromatic carbocycles. The van der Waals surface area contributed by atoms with Gasteiger partial charge in [-0.2, -0.15) is 11.8 Å². The topological polar surface area (TPSA) is 17.1 Å². The van der Waals surface area contributed by atoms with Crippen LogP contribution < -0.4 is 0 Å². The highest BCUT2D eigenvalue weighted by atomic mass is 32.2. The highest BCUT2D eigenvalue weighted by Crippen LogP contribution is 2.11. The minimum Gasteiger partial charge on any atom is -0.303 e. The molecule has 0 aliphatic heterocycles. The van der Waals surface area contributed by atoms with E-state index in [9.17, 15) is 4.79 Å². The average molecular weight is 216 g/mol. The second kappa shape index (κ2) is 11.1. The molecule has 0 amide bonds. The van der Waals surface area contributed by atoms with Crippen molar-refractivity contribution in [3.63, 3.8) is 0 Å². The molecule has 0 spiro atoms. The Kier molecular flexibility index (Phi) is 11.1. The molecule has 0 aliphatic carbocycles. The summed E-state index contributed by atoms with van der Waals surface area (Å²) in [4.78, 5) is 10.3. The number of hydrogen-bond acceptors (Lipinski definition) is 2. The zero-order valence-corrected chi connectivity index (χ0v) is 10.4. The lowest BCUT2D eigenvalue weighted by Crippen LogP contribution is -1.99. The van der Waals surface area contributed by atoms with Crippen LogP contribution in [0.2, 0.25) is 0 Å². The third-order valence-corrected chi connectivity index (χ3v) is 3.59. The predicted octanol–water partition coefficient (Wildman–Crippen LogP) is 3.92. The van der Waals surface area contributed by atoms with Gasteiger partial charge in [0.25, 0.3) is 0 Å². The van der Waals surface area contributed by atoms with Gasteiger partial charge in [-0.1, -0.05) is 46.0 Å². The number of aldehydes is 1. The monoisotopic (exact) mass is 216 g/mol. The number of unbranched alkanes of at least 4 members (excludes halogenated alkanes) is 5. The van der Waals surface area contributed by atoms with Crippen LogP contribution in [-0.2, 0) is 4.79 Å². The van der Waals surface area contributed by atoms with E-state index >= 15 is 0 Å². The summed E-state index contributed by atoms with van der Waals surface area (Å²) in [5, 5.41) is 0. The van der Waals surface area contributed by atoms with Crippen LogP contribution in [0.5, 0.6) is 0 Å². The minimum atomic E-state index is 0.236. The maximum Gasteiger partial charge on any atom is 0.123 e. The normalized spacial score (nSPS) is 12.7. The lowest BCUT2D eigenvalue weighted by molar-refractivity contribution is -0.110. The minimum absolute atomic E-state index is 0.236. The van der Waals surface area contributed by atoms with E-state index < -0.39 is 0 Å². The van der Waals surface area contributed by atoms with Gasteiger partial charge in [0, 0.05) is 11.7 Å². The first-order chi connectivity index (χ1) is 6.81. The smallest absolute Gasteiger partial charge is 0.123 e. The molecule has 0 radical (unpaired) electrons. The molecule has 1 atom stereocenters. The van der Waals surface area contributed by atoms with E-state index in [-0.39, 0.29) is 5.92 Å². The quantitative estimate of drug-likeness (QED) is 0.407. The van der Waals surface area contributed by atoms with E-state index in [4.69, 9.17) is 0 Å². The highest BCUT2D eigenvalue weighted by Gasteiger charge is 1.98. The second-order valence-electron chi connectivity index (χ2n) is 3.96. The molecule has 0 heterocycles. The molecular formula is C12H24OS. The lowest BCUT2D eigenvalue weighted by atomic mass is 10.1. The summed E-state index contributed by atoms with van der Waals surface area (Å²) >= 11 is 1.92. The Labute approximate surface area is 93.0 Å². The lowest BCUT2D eigenvalue weighted by Gasteiger charge is -2.03. The van der Waals surface area contributed by atoms with Gasteiger partial charge in [-0.05, 0) is 12.2 Å². The van der Waals surface area contributed by atoms with Gasteiger partial charge in [-0.15, -0.1) is 0 Å². The first-order valence-electron chi connectivity index (χ1n) is 5.84. The molecule has 0 fully saturated rings. The Bertz CT molecular complexity index is 125. The van der Waals surface area contributed by atoms with Crippen molar-refractivity contribution in [1.29, 1.82) is 0 Å². The van der Waals surface area contributed by atoms with Gasteiger partial charge in [0.1, 0.15) is 6.29 Å². The van der Waals surface area contributed by atoms with Crippen LogP contribution in [-0.4, -0.2) is 17.8 Å². The Morgan fingerprint density at radius 1 is 1.14 bits per heavy atom. The summed E-state index contributed by atoms with van der Waals surface area (Å²) in [6, 6.07) is 0. The third-order valence-electron chi connectivity index (χ3n) is 2.26. The van der Waals surface area contributed by atoms with Crippen LogP contribution in [0.1, 0.15) is 52.4 Å². The molecule has 0 saturated heterocycles. The molecule has 1 unspecified atom stereocenters. The number of hydrogen-bond donors (Lipinski definition) is 0. The van der Waals surface area contributed by atoms with Crippen LogP contribution in [0.15, 0.2) is 0 Å². The van der Waals surface area contributed by atoms with Crippen molar-refractivity contribution in [3.8, 4) is 0 Å². The van der Waals surface area contributed by atoms with Crippen molar-refractivity contribution < 1.29 is 4.79 Å². The second-order valence-corrected chi connectivity index (χ2v) is 5.11. The van der Waals surface area contributed by atoms with Crippen LogP contribution in [0.3, 0.4) is 0 Å². The van der Waals surface area contributed by atoms with Crippen LogP contribution in [0.25, 0.3) is 0 Å². The van der Waals surface area contributed by atoms with Crippen LogP contribution >= 0.6 is 11.8 Å². The highest BCUT2D eigenvalue weighted by molar-refractivity contribution is 7.99. The molecule has 84 valence electrons. The largest absolute Gasteiger partial charge is 0.303 e. The molecule has 1 nitrogen and oxygen atoms in total. The zero-order valence-electron chi connectivity index (χ0n) is 9.63. The number of rotatable bonds is 10. The van der Waals surface area contributed by atoms with Gasteiger partial charge >= 0.3 is 0 Å². The fourth-order valence-electron chi connectivity index (χ4n) is 1.29. The Morgan fingerprint density at radius 3 is 2.43 bits per heavy atom. The van der Waals surface area contributed by atoms with E-state index in [0.717, 1.165) is 12.0 Å². The predicted molar refractivity (Wildman–Crippen MR) is 65.9 cm³/mol. The third kappa shape index (κ3) is 10.1. The van der Waals surface area contributed by atoms with Gasteiger partial charge in [-0.3, -0.25) is 0 Å². The van der Waals surface area contributed by atoms with Crippen LogP contribution in [0, 0.1) is 5.92 Å². The standard InChI is InChI=1S/C12H24OS/c1-3-4-5-6-7-8-9-14-11-12(2)10-13/h10,12H,3-9,11H2,1-2H3. The fourth-order valence-corrected chi connectivity index (χ4v) is 2.32. The van der Waals surface area contributed by atoms with Crippen molar-refractivity contribution in [2.24, 2.45) is 5.92 Å². The summed E-state index contributed by atoms with van der Waals surface area (Å²) in [7, 11) is 0. The average Bonchev–Trinajstić information content (AvgIpc) is 2.21. The SMILES string of the molecule is CCCCCCCCSCC(C)C=O. The first kappa shape index (κ1) is 14.0. The summed E-state index contributed by atoms with van der Waals surface area (Å²) in [6.45, 7) is 4.23. The van der Waals surface area contributed by atoms with E-state index in [1.54, 1.807) is 0 Å². The molecule has 2 heteroatoms. The number of carbonyl (C=O) groups excluding carboxylic acids is 1. The Morgan fingerprint density at radius 2 is 1.79 bits per heavy atom. The fraction of sp³-hybridized carbons (Fsp3) is 0.917. The van der Waals surface area contributed by atoms with Gasteiger partial charge in [0.05, 0.1) is 0 Å². The molecule has 0 rings (SSSR count). The molecule has 0 aromatic rings. The summed E-state index contributed by atoms with van der Waals surface area (Å²) in [5.74, 6) is 2.46. The van der Waals surface area contributed by atoms with Gasteiger partial charge in [0.2, 0.25) is 0 Å². The van der Waals surface area contributed by atoms with E-state index in [1.807, 2.05) is 18.7 Å². The summed E-state index contributed by atoms with van der Waals surface area (Å²) in [6.07, 6.45) is 9.22. The van der Waals surface area contributed by atoms with Gasteiger partial charge in [-0.25, -0.2) is 0 Å². The van der Waals surface area contributed by atoms with Crippen molar-refractivity contribution >= 4 is 18.0 Å². The van der Waals surface area contributed by atoms with E-state index in [1.165, 1.54) is 44.3 Å². The number of thioether (sulfide) groups is 1. The Hall–Kier alpha value is 0.0200.